The van der Waals surface area contributed by atoms with Gasteiger partial charge in [-0.2, -0.15) is 0 Å². The summed E-state index contributed by atoms with van der Waals surface area (Å²) in [5, 5.41) is 11.1. The van der Waals surface area contributed by atoms with Gasteiger partial charge < -0.3 is 18.7 Å². The van der Waals surface area contributed by atoms with Crippen LogP contribution in [0.3, 0.4) is 0 Å². The van der Waals surface area contributed by atoms with Crippen molar-refractivity contribution in [3.63, 3.8) is 0 Å². The Morgan fingerprint density at radius 1 is 0.973 bits per heavy atom. The van der Waals surface area contributed by atoms with E-state index in [0.29, 0.717) is 26.1 Å². The normalized spacial score (nSPS) is 16.1. The quantitative estimate of drug-likeness (QED) is 0.139. The van der Waals surface area contributed by atoms with Gasteiger partial charge in [0.05, 0.1) is 19.3 Å². The Labute approximate surface area is 229 Å². The summed E-state index contributed by atoms with van der Waals surface area (Å²) in [4.78, 5) is 12.4. The lowest BCUT2D eigenvalue weighted by molar-refractivity contribution is -0.116. The molecule has 1 aromatic carbocycles. The van der Waals surface area contributed by atoms with Gasteiger partial charge in [0, 0.05) is 18.6 Å². The molecule has 3 atom stereocenters. The van der Waals surface area contributed by atoms with Crippen LogP contribution in [0.4, 0.5) is 0 Å². The second kappa shape index (κ2) is 14.3. The lowest BCUT2D eigenvalue weighted by atomic mass is 9.97. The van der Waals surface area contributed by atoms with Crippen LogP contribution in [0.15, 0.2) is 42.5 Å². The summed E-state index contributed by atoms with van der Waals surface area (Å²) < 4.78 is 18.7. The van der Waals surface area contributed by atoms with Crippen molar-refractivity contribution in [3.8, 4) is 0 Å². The van der Waals surface area contributed by atoms with Crippen molar-refractivity contribution in [1.82, 2.24) is 0 Å². The van der Waals surface area contributed by atoms with Crippen LogP contribution in [-0.2, 0) is 25.0 Å². The number of benzene rings is 1. The van der Waals surface area contributed by atoms with Crippen LogP contribution in [0.2, 0.25) is 36.3 Å². The first-order valence-corrected chi connectivity index (χ1v) is 19.5. The number of rotatable bonds is 15. The summed E-state index contributed by atoms with van der Waals surface area (Å²) >= 11 is 0. The van der Waals surface area contributed by atoms with Gasteiger partial charge in [-0.05, 0) is 60.7 Å². The Hall–Kier alpha value is -1.10. The zero-order valence-corrected chi connectivity index (χ0v) is 27.4. The fourth-order valence-corrected chi connectivity index (χ4v) is 5.52. The van der Waals surface area contributed by atoms with Gasteiger partial charge in [0.15, 0.2) is 22.4 Å². The van der Waals surface area contributed by atoms with E-state index >= 15 is 0 Å². The number of aliphatic hydroxyl groups is 1. The fraction of sp³-hybridized carbons (Fsp3) is 0.700. The number of aliphatic hydroxyl groups excluding tert-OH is 1. The molecular formula is C30H54O5Si2. The van der Waals surface area contributed by atoms with Crippen LogP contribution >= 0.6 is 0 Å². The minimum atomic E-state index is -2.03. The number of carbonyl (C=O) groups excluding carboxylic acids is 1. The van der Waals surface area contributed by atoms with E-state index in [1.54, 1.807) is 12.2 Å². The zero-order chi connectivity index (χ0) is 28.5. The number of ketones is 1. The maximum absolute atomic E-state index is 12.4. The minimum Gasteiger partial charge on any atom is -0.414 e. The maximum Gasteiger partial charge on any atom is 0.192 e. The van der Waals surface area contributed by atoms with Crippen LogP contribution in [-0.4, -0.2) is 52.9 Å². The predicted octanol–water partition coefficient (Wildman–Crippen LogP) is 7.52. The SMILES string of the molecule is C[C@@H](/C=C/C(=O)CO[Si](C)(C)C(C)(C)C)[C@@H](O)C[C@@H](CCOCc1ccccc1)O[Si](C)(C)C(C)(C)C. The topological polar surface area (TPSA) is 65.0 Å². The van der Waals surface area contributed by atoms with Crippen molar-refractivity contribution in [1.29, 1.82) is 0 Å². The first-order valence-electron chi connectivity index (χ1n) is 13.7. The molecule has 212 valence electrons. The molecule has 7 heteroatoms. The Balaban J connectivity index is 2.73. The van der Waals surface area contributed by atoms with Gasteiger partial charge in [-0.3, -0.25) is 4.79 Å². The van der Waals surface area contributed by atoms with Crippen LogP contribution in [0.5, 0.6) is 0 Å². The molecule has 0 aliphatic carbocycles. The molecule has 0 spiro atoms. The third kappa shape index (κ3) is 12.1. The number of hydrogen-bond donors (Lipinski definition) is 1. The zero-order valence-electron chi connectivity index (χ0n) is 25.4. The maximum atomic E-state index is 12.4. The first-order chi connectivity index (χ1) is 16.9. The molecule has 0 amide bonds. The summed E-state index contributed by atoms with van der Waals surface area (Å²) in [5.41, 5.74) is 1.14. The molecule has 37 heavy (non-hydrogen) atoms. The van der Waals surface area contributed by atoms with E-state index in [0.717, 1.165) is 5.56 Å². The van der Waals surface area contributed by atoms with Crippen molar-refractivity contribution in [2.24, 2.45) is 5.92 Å². The highest BCUT2D eigenvalue weighted by atomic mass is 28.4. The molecule has 1 rings (SSSR count). The van der Waals surface area contributed by atoms with E-state index in [4.69, 9.17) is 13.6 Å². The van der Waals surface area contributed by atoms with Crippen LogP contribution in [0.1, 0.15) is 66.9 Å². The second-order valence-electron chi connectivity index (χ2n) is 13.4. The van der Waals surface area contributed by atoms with Crippen LogP contribution in [0, 0.1) is 5.92 Å². The third-order valence-corrected chi connectivity index (χ3v) is 17.1. The Morgan fingerprint density at radius 2 is 1.54 bits per heavy atom. The van der Waals surface area contributed by atoms with Gasteiger partial charge >= 0.3 is 0 Å². The van der Waals surface area contributed by atoms with Crippen molar-refractivity contribution >= 4 is 22.4 Å². The molecule has 0 fully saturated rings. The summed E-state index contributed by atoms with van der Waals surface area (Å²) in [6.07, 6.45) is 3.85. The highest BCUT2D eigenvalue weighted by Gasteiger charge is 2.40. The third-order valence-electron chi connectivity index (χ3n) is 8.04. The fourth-order valence-electron chi connectivity index (χ4n) is 3.18. The molecule has 0 radical (unpaired) electrons. The van der Waals surface area contributed by atoms with E-state index in [2.05, 4.69) is 79.9 Å². The van der Waals surface area contributed by atoms with Crippen molar-refractivity contribution in [2.75, 3.05) is 13.2 Å². The van der Waals surface area contributed by atoms with E-state index < -0.39 is 22.7 Å². The average molecular weight is 551 g/mol. The van der Waals surface area contributed by atoms with E-state index in [9.17, 15) is 9.90 Å². The average Bonchev–Trinajstić information content (AvgIpc) is 2.77. The van der Waals surface area contributed by atoms with Gasteiger partial charge in [0.25, 0.3) is 0 Å². The summed E-state index contributed by atoms with van der Waals surface area (Å²) in [7, 11) is -4.00. The molecule has 0 saturated carbocycles. The molecule has 5 nitrogen and oxygen atoms in total. The van der Waals surface area contributed by atoms with Gasteiger partial charge in [0.2, 0.25) is 0 Å². The second-order valence-corrected chi connectivity index (χ2v) is 22.9. The smallest absolute Gasteiger partial charge is 0.192 e. The monoisotopic (exact) mass is 550 g/mol. The molecule has 0 saturated heterocycles. The molecule has 0 aliphatic heterocycles. The number of hydrogen-bond acceptors (Lipinski definition) is 5. The summed E-state index contributed by atoms with van der Waals surface area (Å²) in [6, 6.07) is 10.1. The standard InChI is InChI=1S/C30H54O5Si2/c1-24(17-18-26(31)23-34-36(8,9)29(2,3)4)28(32)21-27(35-37(10,11)30(5,6)7)19-20-33-22-25-15-13-12-14-16-25/h12-18,24,27-28,32H,19-23H2,1-11H3/b18-17+/t24-,27+,28-/m0/s1. The highest BCUT2D eigenvalue weighted by Crippen LogP contribution is 2.38. The number of carbonyl (C=O) groups is 1. The van der Waals surface area contributed by atoms with Crippen LogP contribution in [0.25, 0.3) is 0 Å². The minimum absolute atomic E-state index is 0.0600. The molecule has 0 bridgehead atoms. The lowest BCUT2D eigenvalue weighted by Gasteiger charge is -2.40. The van der Waals surface area contributed by atoms with Gasteiger partial charge in [0.1, 0.15) is 0 Å². The van der Waals surface area contributed by atoms with E-state index in [1.807, 2.05) is 25.1 Å². The van der Waals surface area contributed by atoms with E-state index in [1.165, 1.54) is 0 Å². The summed E-state index contributed by atoms with van der Waals surface area (Å²) in [5.74, 6) is -0.236. The summed E-state index contributed by atoms with van der Waals surface area (Å²) in [6.45, 7) is 25.1. The van der Waals surface area contributed by atoms with Crippen molar-refractivity contribution < 1.29 is 23.5 Å². The predicted molar refractivity (Wildman–Crippen MR) is 160 cm³/mol. The number of ether oxygens (including phenoxy) is 1. The molecule has 1 N–H and O–H groups in total. The first kappa shape index (κ1) is 33.9. The Bertz CT molecular complexity index is 838. The van der Waals surface area contributed by atoms with Gasteiger partial charge in [-0.25, -0.2) is 0 Å². The van der Waals surface area contributed by atoms with Gasteiger partial charge in [-0.15, -0.1) is 0 Å². The van der Waals surface area contributed by atoms with Crippen molar-refractivity contribution in [2.45, 2.75) is 116 Å². The molecule has 0 aliphatic rings. The largest absolute Gasteiger partial charge is 0.414 e. The lowest BCUT2D eigenvalue weighted by Crippen LogP contribution is -2.45. The molecule has 1 aromatic rings. The molecular weight excluding hydrogens is 496 g/mol. The molecule has 0 heterocycles. The molecule has 0 unspecified atom stereocenters. The van der Waals surface area contributed by atoms with Crippen molar-refractivity contribution in [3.05, 3.63) is 48.0 Å². The Kier molecular flexibility index (Phi) is 13.1. The molecule has 0 aromatic heterocycles. The van der Waals surface area contributed by atoms with Crippen LogP contribution < -0.4 is 0 Å². The van der Waals surface area contributed by atoms with Gasteiger partial charge in [-0.1, -0.05) is 84.9 Å². The highest BCUT2D eigenvalue weighted by molar-refractivity contribution is 6.74. The Morgan fingerprint density at radius 3 is 2.08 bits per heavy atom. The van der Waals surface area contributed by atoms with E-state index in [-0.39, 0.29) is 34.5 Å².